The molecule has 0 saturated carbocycles. The smallest absolute Gasteiger partial charge is 0.318 e. The van der Waals surface area contributed by atoms with Crippen LogP contribution < -0.4 is 20.1 Å². The van der Waals surface area contributed by atoms with Crippen LogP contribution >= 0.6 is 0 Å². The quantitative estimate of drug-likeness (QED) is 0.852. The van der Waals surface area contributed by atoms with Gasteiger partial charge in [0, 0.05) is 19.6 Å². The molecule has 0 aromatic heterocycles. The first-order valence-electron chi connectivity index (χ1n) is 8.01. The molecule has 7 heteroatoms. The summed E-state index contributed by atoms with van der Waals surface area (Å²) in [5, 5.41) is 5.68. The zero-order chi connectivity index (χ0) is 17.7. The molecule has 1 heterocycles. The van der Waals surface area contributed by atoms with E-state index in [0.717, 1.165) is 5.56 Å². The summed E-state index contributed by atoms with van der Waals surface area (Å²) in [5.41, 5.74) is 0.892. The number of nitrogens with zero attached hydrogens (tertiary/aromatic N) is 1. The first kappa shape index (κ1) is 17.9. The molecule has 2 N–H and O–H groups in total. The third kappa shape index (κ3) is 3.90. The van der Waals surface area contributed by atoms with E-state index < -0.39 is 6.04 Å². The average molecular weight is 335 g/mol. The molecule has 1 aromatic rings. The minimum absolute atomic E-state index is 0.0529. The zero-order valence-electron chi connectivity index (χ0n) is 14.6. The molecule has 24 heavy (non-hydrogen) atoms. The number of benzene rings is 1. The second-order valence-electron chi connectivity index (χ2n) is 6.02. The van der Waals surface area contributed by atoms with E-state index in [1.807, 2.05) is 26.0 Å². The number of rotatable bonds is 5. The monoisotopic (exact) mass is 335 g/mol. The summed E-state index contributed by atoms with van der Waals surface area (Å²) in [6, 6.07) is 4.81. The van der Waals surface area contributed by atoms with Crippen molar-refractivity contribution in [3.63, 3.8) is 0 Å². The first-order valence-corrected chi connectivity index (χ1v) is 8.01. The Morgan fingerprint density at radius 3 is 2.67 bits per heavy atom. The minimum Gasteiger partial charge on any atom is -0.493 e. The van der Waals surface area contributed by atoms with Gasteiger partial charge in [-0.1, -0.05) is 19.9 Å². The minimum atomic E-state index is -0.441. The summed E-state index contributed by atoms with van der Waals surface area (Å²) in [7, 11) is 3.15. The number of amides is 3. The van der Waals surface area contributed by atoms with Crippen molar-refractivity contribution in [3.05, 3.63) is 23.8 Å². The van der Waals surface area contributed by atoms with Crippen LogP contribution in [0.5, 0.6) is 11.5 Å². The maximum atomic E-state index is 12.5. The highest BCUT2D eigenvalue weighted by Gasteiger charge is 2.35. The fourth-order valence-corrected chi connectivity index (χ4v) is 2.85. The highest BCUT2D eigenvalue weighted by molar-refractivity contribution is 5.88. The van der Waals surface area contributed by atoms with Crippen molar-refractivity contribution in [1.29, 1.82) is 0 Å². The lowest BCUT2D eigenvalue weighted by atomic mass is 10.00. The van der Waals surface area contributed by atoms with Gasteiger partial charge in [0.05, 0.1) is 14.2 Å². The van der Waals surface area contributed by atoms with Gasteiger partial charge in [0.1, 0.15) is 6.04 Å². The van der Waals surface area contributed by atoms with Gasteiger partial charge in [0.15, 0.2) is 11.5 Å². The van der Waals surface area contributed by atoms with Crippen LogP contribution in [-0.2, 0) is 11.3 Å². The van der Waals surface area contributed by atoms with Gasteiger partial charge in [-0.05, 0) is 23.6 Å². The molecule has 0 aliphatic carbocycles. The van der Waals surface area contributed by atoms with Crippen LogP contribution in [0.1, 0.15) is 19.4 Å². The van der Waals surface area contributed by atoms with Crippen molar-refractivity contribution in [3.8, 4) is 11.5 Å². The highest BCUT2D eigenvalue weighted by atomic mass is 16.5. The number of nitrogens with one attached hydrogen (secondary N) is 2. The Hall–Kier alpha value is -2.44. The van der Waals surface area contributed by atoms with E-state index in [2.05, 4.69) is 10.6 Å². The summed E-state index contributed by atoms with van der Waals surface area (Å²) in [5.74, 6) is 1.21. The molecular weight excluding hydrogens is 310 g/mol. The summed E-state index contributed by atoms with van der Waals surface area (Å²) in [4.78, 5) is 26.1. The van der Waals surface area contributed by atoms with Crippen molar-refractivity contribution in [1.82, 2.24) is 15.5 Å². The van der Waals surface area contributed by atoms with Crippen molar-refractivity contribution in [2.24, 2.45) is 5.92 Å². The maximum absolute atomic E-state index is 12.5. The Morgan fingerprint density at radius 1 is 1.33 bits per heavy atom. The Morgan fingerprint density at radius 2 is 2.04 bits per heavy atom. The first-order chi connectivity index (χ1) is 11.5. The van der Waals surface area contributed by atoms with Crippen LogP contribution in [-0.4, -0.2) is 50.2 Å². The summed E-state index contributed by atoms with van der Waals surface area (Å²) < 4.78 is 10.5. The summed E-state index contributed by atoms with van der Waals surface area (Å²) in [6.45, 7) is 5.20. The third-order valence-corrected chi connectivity index (χ3v) is 4.04. The van der Waals surface area contributed by atoms with Crippen molar-refractivity contribution in [2.45, 2.75) is 26.4 Å². The number of methoxy groups -OCH3 is 2. The normalized spacial score (nSPS) is 17.5. The molecule has 1 aliphatic heterocycles. The fraction of sp³-hybridized carbons (Fsp3) is 0.529. The Bertz CT molecular complexity index is 603. The standard InChI is InChI=1S/C17H25N3O4/c1-11(2)15-16(21)18-7-8-20(15)17(22)19-10-12-5-6-13(23-3)14(9-12)24-4/h5-6,9,11,15H,7-8,10H2,1-4H3,(H,18,21)(H,19,22)/t15-/m0/s1. The number of hydrogen-bond acceptors (Lipinski definition) is 4. The second-order valence-corrected chi connectivity index (χ2v) is 6.02. The van der Waals surface area contributed by atoms with E-state index in [0.29, 0.717) is 31.1 Å². The van der Waals surface area contributed by atoms with E-state index in [4.69, 9.17) is 9.47 Å². The van der Waals surface area contributed by atoms with Gasteiger partial charge in [-0.15, -0.1) is 0 Å². The molecule has 0 bridgehead atoms. The number of piperazine rings is 1. The molecule has 0 unspecified atom stereocenters. The van der Waals surface area contributed by atoms with Crippen LogP contribution in [0.3, 0.4) is 0 Å². The number of hydrogen-bond donors (Lipinski definition) is 2. The lowest BCUT2D eigenvalue weighted by Gasteiger charge is -2.37. The molecule has 0 spiro atoms. The topological polar surface area (TPSA) is 79.9 Å². The van der Waals surface area contributed by atoms with Crippen molar-refractivity contribution >= 4 is 11.9 Å². The molecule has 0 radical (unpaired) electrons. The number of ether oxygens (including phenoxy) is 2. The van der Waals surface area contributed by atoms with Gasteiger partial charge in [-0.25, -0.2) is 4.79 Å². The lowest BCUT2D eigenvalue weighted by molar-refractivity contribution is -0.129. The van der Waals surface area contributed by atoms with Crippen molar-refractivity contribution < 1.29 is 19.1 Å². The Balaban J connectivity index is 2.03. The van der Waals surface area contributed by atoms with Crippen molar-refractivity contribution in [2.75, 3.05) is 27.3 Å². The molecule has 1 aliphatic rings. The SMILES string of the molecule is COc1ccc(CNC(=O)N2CCNC(=O)[C@@H]2C(C)C)cc1OC. The van der Waals surface area contributed by atoms with Gasteiger partial charge in [-0.3, -0.25) is 4.79 Å². The molecule has 1 fully saturated rings. The van der Waals surface area contributed by atoms with Gasteiger partial charge in [-0.2, -0.15) is 0 Å². The highest BCUT2D eigenvalue weighted by Crippen LogP contribution is 2.27. The van der Waals surface area contributed by atoms with Gasteiger partial charge < -0.3 is 25.0 Å². The summed E-state index contributed by atoms with van der Waals surface area (Å²) >= 11 is 0. The number of urea groups is 1. The fourth-order valence-electron chi connectivity index (χ4n) is 2.85. The predicted molar refractivity (Wildman–Crippen MR) is 90.1 cm³/mol. The van der Waals surface area contributed by atoms with Crippen LogP contribution in [0.4, 0.5) is 4.79 Å². The molecule has 1 atom stereocenters. The molecule has 2 rings (SSSR count). The van der Waals surface area contributed by atoms with Gasteiger partial charge in [0.25, 0.3) is 0 Å². The number of carbonyl (C=O) groups is 2. The average Bonchev–Trinajstić information content (AvgIpc) is 2.58. The second kappa shape index (κ2) is 7.90. The molecular formula is C17H25N3O4. The molecule has 7 nitrogen and oxygen atoms in total. The molecule has 1 saturated heterocycles. The van der Waals surface area contributed by atoms with E-state index in [1.54, 1.807) is 25.2 Å². The van der Waals surface area contributed by atoms with Gasteiger partial charge >= 0.3 is 6.03 Å². The summed E-state index contributed by atoms with van der Waals surface area (Å²) in [6.07, 6.45) is 0. The molecule has 132 valence electrons. The van der Waals surface area contributed by atoms with E-state index in [-0.39, 0.29) is 17.9 Å². The van der Waals surface area contributed by atoms with Crippen LogP contribution in [0.2, 0.25) is 0 Å². The predicted octanol–water partition coefficient (Wildman–Crippen LogP) is 1.37. The number of carbonyl (C=O) groups excluding carboxylic acids is 2. The largest absolute Gasteiger partial charge is 0.493 e. The Kier molecular flexibility index (Phi) is 5.89. The lowest BCUT2D eigenvalue weighted by Crippen LogP contribution is -2.61. The third-order valence-electron chi connectivity index (χ3n) is 4.04. The van der Waals surface area contributed by atoms with E-state index >= 15 is 0 Å². The van der Waals surface area contributed by atoms with Crippen LogP contribution in [0, 0.1) is 5.92 Å². The maximum Gasteiger partial charge on any atom is 0.318 e. The Labute approximate surface area is 142 Å². The zero-order valence-corrected chi connectivity index (χ0v) is 14.6. The van der Waals surface area contributed by atoms with E-state index in [9.17, 15) is 9.59 Å². The van der Waals surface area contributed by atoms with Crippen LogP contribution in [0.25, 0.3) is 0 Å². The molecule has 3 amide bonds. The van der Waals surface area contributed by atoms with Gasteiger partial charge in [0.2, 0.25) is 5.91 Å². The van der Waals surface area contributed by atoms with Crippen LogP contribution in [0.15, 0.2) is 18.2 Å². The molecule has 1 aromatic carbocycles. The van der Waals surface area contributed by atoms with E-state index in [1.165, 1.54) is 0 Å².